The zero-order chi connectivity index (χ0) is 23.8. The summed E-state index contributed by atoms with van der Waals surface area (Å²) in [6.45, 7) is 1.49. The number of ether oxygens (including phenoxy) is 1. The molecule has 1 N–H and O–H groups in total. The number of benzene rings is 3. The van der Waals surface area contributed by atoms with Crippen LogP contribution in [0.1, 0.15) is 42.9 Å². The Labute approximate surface area is 197 Å². The standard InChI is InChI=1S/C28H25FN2O3/c1-17(32)31-25-6-4-3-5-23(25)30-24-15-20(18-9-13-22(34-2)14-10-18)16-26(33)27(24)28(31)19-7-11-21(29)12-8-19/h3-14,20,28,30H,15-16H2,1-2H3/t20-,28+/m1/s1. The second kappa shape index (κ2) is 8.78. The van der Waals surface area contributed by atoms with Crippen molar-refractivity contribution >= 4 is 23.1 Å². The maximum absolute atomic E-state index is 13.8. The van der Waals surface area contributed by atoms with Crippen molar-refractivity contribution in [3.63, 3.8) is 0 Å². The van der Waals surface area contributed by atoms with Gasteiger partial charge < -0.3 is 10.1 Å². The number of carbonyl (C=O) groups excluding carboxylic acids is 2. The molecule has 1 aliphatic carbocycles. The van der Waals surface area contributed by atoms with E-state index in [0.29, 0.717) is 29.7 Å². The maximum atomic E-state index is 13.8. The van der Waals surface area contributed by atoms with Gasteiger partial charge in [-0.2, -0.15) is 0 Å². The van der Waals surface area contributed by atoms with Gasteiger partial charge in [0.25, 0.3) is 0 Å². The minimum absolute atomic E-state index is 0.00503. The third-order valence-corrected chi connectivity index (χ3v) is 6.60. The van der Waals surface area contributed by atoms with Crippen molar-refractivity contribution in [2.45, 2.75) is 31.7 Å². The lowest BCUT2D eigenvalue weighted by Crippen LogP contribution is -2.37. The third-order valence-electron chi connectivity index (χ3n) is 6.60. The highest BCUT2D eigenvalue weighted by Gasteiger charge is 2.40. The number of anilines is 2. The summed E-state index contributed by atoms with van der Waals surface area (Å²) in [5.41, 5.74) is 4.55. The van der Waals surface area contributed by atoms with Gasteiger partial charge in [0.1, 0.15) is 11.6 Å². The summed E-state index contributed by atoms with van der Waals surface area (Å²) >= 11 is 0. The van der Waals surface area contributed by atoms with Crippen LogP contribution in [0.15, 0.2) is 84.1 Å². The smallest absolute Gasteiger partial charge is 0.224 e. The lowest BCUT2D eigenvalue weighted by molar-refractivity contribution is -0.117. The Hall–Kier alpha value is -3.93. The number of hydrogen-bond donors (Lipinski definition) is 1. The zero-order valence-electron chi connectivity index (χ0n) is 19.0. The number of nitrogens with zero attached hydrogens (tertiary/aromatic N) is 1. The minimum atomic E-state index is -0.645. The molecule has 0 bridgehead atoms. The molecule has 1 heterocycles. The van der Waals surface area contributed by atoms with E-state index < -0.39 is 6.04 Å². The molecule has 1 aliphatic heterocycles. The van der Waals surface area contributed by atoms with E-state index in [-0.39, 0.29) is 23.4 Å². The number of fused-ring (bicyclic) bond motifs is 1. The van der Waals surface area contributed by atoms with Gasteiger partial charge in [0.05, 0.1) is 24.5 Å². The second-order valence-electron chi connectivity index (χ2n) is 8.68. The summed E-state index contributed by atoms with van der Waals surface area (Å²) in [7, 11) is 1.62. The zero-order valence-corrected chi connectivity index (χ0v) is 19.0. The summed E-state index contributed by atoms with van der Waals surface area (Å²) in [6.07, 6.45) is 0.942. The number of amides is 1. The molecule has 0 saturated heterocycles. The van der Waals surface area contributed by atoms with E-state index >= 15 is 0 Å². The van der Waals surface area contributed by atoms with E-state index in [9.17, 15) is 14.0 Å². The number of ketones is 1. The molecule has 0 unspecified atom stereocenters. The van der Waals surface area contributed by atoms with E-state index in [1.54, 1.807) is 24.1 Å². The van der Waals surface area contributed by atoms with Gasteiger partial charge >= 0.3 is 0 Å². The van der Waals surface area contributed by atoms with E-state index in [1.165, 1.54) is 19.1 Å². The Morgan fingerprint density at radius 1 is 0.971 bits per heavy atom. The molecule has 0 aromatic heterocycles. The Kier molecular flexibility index (Phi) is 5.65. The van der Waals surface area contributed by atoms with Crippen molar-refractivity contribution in [3.8, 4) is 5.75 Å². The van der Waals surface area contributed by atoms with Gasteiger partial charge in [0, 0.05) is 24.6 Å². The van der Waals surface area contributed by atoms with Crippen LogP contribution in [-0.2, 0) is 9.59 Å². The minimum Gasteiger partial charge on any atom is -0.497 e. The number of carbonyl (C=O) groups is 2. The van der Waals surface area contributed by atoms with Gasteiger partial charge in [-0.1, -0.05) is 36.4 Å². The first-order valence-electron chi connectivity index (χ1n) is 11.3. The third kappa shape index (κ3) is 3.85. The molecule has 172 valence electrons. The highest BCUT2D eigenvalue weighted by molar-refractivity contribution is 6.06. The molecular formula is C28H25FN2O3. The largest absolute Gasteiger partial charge is 0.497 e. The summed E-state index contributed by atoms with van der Waals surface area (Å²) in [5, 5.41) is 3.48. The monoisotopic (exact) mass is 456 g/mol. The average Bonchev–Trinajstić information content (AvgIpc) is 2.99. The highest BCUT2D eigenvalue weighted by Crippen LogP contribution is 2.47. The Morgan fingerprint density at radius 3 is 2.32 bits per heavy atom. The molecule has 5 rings (SSSR count). The summed E-state index contributed by atoms with van der Waals surface area (Å²) in [5.74, 6) is 0.176. The molecule has 6 heteroatoms. The first-order valence-corrected chi connectivity index (χ1v) is 11.3. The number of Topliss-reactive ketones (excluding diaryl/α,β-unsaturated/α-hetero) is 1. The number of hydrogen-bond acceptors (Lipinski definition) is 4. The first kappa shape index (κ1) is 21.9. The van der Waals surface area contributed by atoms with Crippen LogP contribution in [0.3, 0.4) is 0 Å². The number of nitrogens with one attached hydrogen (secondary N) is 1. The molecule has 5 nitrogen and oxygen atoms in total. The molecule has 2 aliphatic rings. The van der Waals surface area contributed by atoms with Crippen LogP contribution in [0.5, 0.6) is 5.75 Å². The summed E-state index contributed by atoms with van der Waals surface area (Å²) < 4.78 is 19.0. The van der Waals surface area contributed by atoms with Crippen molar-refractivity contribution in [3.05, 3.63) is 101 Å². The lowest BCUT2D eigenvalue weighted by Gasteiger charge is -2.34. The Morgan fingerprint density at radius 2 is 1.65 bits per heavy atom. The Balaban J connectivity index is 1.66. The quantitative estimate of drug-likeness (QED) is 0.545. The van der Waals surface area contributed by atoms with Crippen LogP contribution >= 0.6 is 0 Å². The molecule has 0 spiro atoms. The molecule has 0 saturated carbocycles. The number of methoxy groups -OCH3 is 1. The molecular weight excluding hydrogens is 431 g/mol. The van der Waals surface area contributed by atoms with Crippen molar-refractivity contribution in [2.75, 3.05) is 17.3 Å². The molecule has 3 aromatic rings. The number of para-hydroxylation sites is 2. The van der Waals surface area contributed by atoms with E-state index in [0.717, 1.165) is 22.7 Å². The van der Waals surface area contributed by atoms with Gasteiger partial charge in [-0.05, 0) is 59.9 Å². The predicted octanol–water partition coefficient (Wildman–Crippen LogP) is 5.75. The van der Waals surface area contributed by atoms with Crippen LogP contribution in [0.2, 0.25) is 0 Å². The van der Waals surface area contributed by atoms with Gasteiger partial charge in [-0.25, -0.2) is 4.39 Å². The molecule has 0 radical (unpaired) electrons. The number of halogens is 1. The molecule has 3 aromatic carbocycles. The fourth-order valence-corrected chi connectivity index (χ4v) is 5.01. The predicted molar refractivity (Wildman–Crippen MR) is 129 cm³/mol. The SMILES string of the molecule is COc1ccc([C@H]2CC(=O)C3=C(C2)Nc2ccccc2N(C(C)=O)[C@H]3c2ccc(F)cc2)cc1. The van der Waals surface area contributed by atoms with E-state index in [4.69, 9.17) is 4.74 Å². The lowest BCUT2D eigenvalue weighted by atomic mass is 9.78. The topological polar surface area (TPSA) is 58.6 Å². The fourth-order valence-electron chi connectivity index (χ4n) is 5.01. The Bertz CT molecular complexity index is 1280. The van der Waals surface area contributed by atoms with Crippen LogP contribution in [0, 0.1) is 5.82 Å². The molecule has 0 fully saturated rings. The summed E-state index contributed by atoms with van der Waals surface area (Å²) in [6, 6.07) is 20.7. The highest BCUT2D eigenvalue weighted by atomic mass is 19.1. The maximum Gasteiger partial charge on any atom is 0.224 e. The van der Waals surface area contributed by atoms with E-state index in [2.05, 4.69) is 5.32 Å². The van der Waals surface area contributed by atoms with Gasteiger partial charge in [-0.3, -0.25) is 14.5 Å². The molecule has 34 heavy (non-hydrogen) atoms. The number of allylic oxidation sites excluding steroid dienone is 1. The first-order chi connectivity index (χ1) is 16.5. The second-order valence-corrected chi connectivity index (χ2v) is 8.68. The average molecular weight is 457 g/mol. The van der Waals surface area contributed by atoms with E-state index in [1.807, 2.05) is 48.5 Å². The van der Waals surface area contributed by atoms with Crippen molar-refractivity contribution in [1.29, 1.82) is 0 Å². The van der Waals surface area contributed by atoms with Crippen LogP contribution < -0.4 is 15.0 Å². The van der Waals surface area contributed by atoms with Crippen molar-refractivity contribution in [2.24, 2.45) is 0 Å². The van der Waals surface area contributed by atoms with Gasteiger partial charge in [0.2, 0.25) is 5.91 Å². The van der Waals surface area contributed by atoms with Gasteiger partial charge in [-0.15, -0.1) is 0 Å². The van der Waals surface area contributed by atoms with Crippen LogP contribution in [-0.4, -0.2) is 18.8 Å². The van der Waals surface area contributed by atoms with Crippen molar-refractivity contribution < 1.29 is 18.7 Å². The number of rotatable bonds is 3. The normalized spacial score (nSPS) is 19.6. The van der Waals surface area contributed by atoms with Gasteiger partial charge in [0.15, 0.2) is 5.78 Å². The van der Waals surface area contributed by atoms with Crippen molar-refractivity contribution in [1.82, 2.24) is 0 Å². The van der Waals surface area contributed by atoms with Crippen LogP contribution in [0.25, 0.3) is 0 Å². The fraction of sp³-hybridized carbons (Fsp3) is 0.214. The molecule has 2 atom stereocenters. The summed E-state index contributed by atoms with van der Waals surface area (Å²) in [4.78, 5) is 28.3. The van der Waals surface area contributed by atoms with Crippen LogP contribution in [0.4, 0.5) is 15.8 Å². The molecule has 1 amide bonds.